The first-order chi connectivity index (χ1) is 4.83. The van der Waals surface area contributed by atoms with E-state index in [9.17, 15) is 0 Å². The molecule has 0 bridgehead atoms. The van der Waals surface area contributed by atoms with E-state index in [2.05, 4.69) is 9.97 Å². The summed E-state index contributed by atoms with van der Waals surface area (Å²) >= 11 is 0. The summed E-state index contributed by atoms with van der Waals surface area (Å²) in [6.45, 7) is 0.0129. The van der Waals surface area contributed by atoms with Crippen LogP contribution < -0.4 is 11.9 Å². The Morgan fingerprint density at radius 1 is 1.73 bits per heavy atom. The molecule has 0 spiro atoms. The van der Waals surface area contributed by atoms with Gasteiger partial charge in [0.05, 0.1) is 12.9 Å². The van der Waals surface area contributed by atoms with Crippen LogP contribution in [0.1, 0.15) is 5.69 Å². The Hall–Kier alpha value is -0.910. The summed E-state index contributed by atoms with van der Waals surface area (Å²) in [7, 11) is 0. The largest absolute Gasteiger partial charge is 0.395 e. The quantitative estimate of drug-likeness (QED) is 0.472. The van der Waals surface area contributed by atoms with Crippen molar-refractivity contribution < 1.29 is 5.11 Å². The second-order valence-electron chi connectivity index (χ2n) is 2.22. The summed E-state index contributed by atoms with van der Waals surface area (Å²) in [5, 5.41) is 8.57. The number of nitrogens with two attached hydrogens (primary N) is 1. The topological polar surface area (TPSA) is 110 Å². The van der Waals surface area contributed by atoms with Crippen LogP contribution in [-0.2, 0) is 6.42 Å². The Morgan fingerprint density at radius 3 is 2.91 bits per heavy atom. The molecule has 1 aromatic heterocycles. The van der Waals surface area contributed by atoms with Crippen LogP contribution in [0.4, 0.5) is 0 Å². The normalized spacial score (nSPS) is 12.2. The van der Waals surface area contributed by atoms with E-state index in [-0.39, 0.29) is 18.8 Å². The Bertz CT molecular complexity index is 175. The summed E-state index contributed by atoms with van der Waals surface area (Å²) in [5.41, 5.74) is 6.43. The average molecular weight is 158 g/mol. The number of H-pyrrole nitrogens is 1. The van der Waals surface area contributed by atoms with Gasteiger partial charge in [-0.25, -0.2) is 4.98 Å². The number of nitrogens with zero attached hydrogens (tertiary/aromatic N) is 1. The molecule has 0 saturated carbocycles. The highest BCUT2D eigenvalue weighted by Crippen LogP contribution is 1.94. The lowest BCUT2D eigenvalue weighted by Crippen LogP contribution is -2.26. The fourth-order valence-electron chi connectivity index (χ4n) is 0.743. The molecule has 0 saturated heterocycles. The van der Waals surface area contributed by atoms with E-state index in [1.165, 1.54) is 0 Å². The fourth-order valence-corrected chi connectivity index (χ4v) is 0.743. The molecular formula is C6H14N4O. The average Bonchev–Trinajstić information content (AvgIpc) is 2.40. The van der Waals surface area contributed by atoms with Gasteiger partial charge >= 0.3 is 0 Å². The second-order valence-corrected chi connectivity index (χ2v) is 2.22. The summed E-state index contributed by atoms with van der Waals surface area (Å²) in [6, 6.07) is -0.180. The summed E-state index contributed by atoms with van der Waals surface area (Å²) in [4.78, 5) is 6.72. The van der Waals surface area contributed by atoms with E-state index in [0.29, 0.717) is 6.42 Å². The Labute approximate surface area is 65.2 Å². The standard InChI is InChI=1S/C6H11N3O.H3N/c7-5(3-10)1-6-2-8-4-9-6;/h2,4-5,10H,1,3,7H2,(H,8,9);1H3. The Kier molecular flexibility index (Phi) is 4.44. The summed E-state index contributed by atoms with van der Waals surface area (Å²) < 4.78 is 0. The SMILES string of the molecule is N.NC(CO)Cc1cnc[nH]1. The number of rotatable bonds is 3. The molecule has 0 radical (unpaired) electrons. The molecule has 7 N–H and O–H groups in total. The Balaban J connectivity index is 0.000001000. The highest BCUT2D eigenvalue weighted by atomic mass is 16.3. The lowest BCUT2D eigenvalue weighted by molar-refractivity contribution is 0.264. The second kappa shape index (κ2) is 4.84. The van der Waals surface area contributed by atoms with E-state index in [1.807, 2.05) is 0 Å². The van der Waals surface area contributed by atoms with Crippen molar-refractivity contribution in [2.24, 2.45) is 5.73 Å². The van der Waals surface area contributed by atoms with Crippen molar-refractivity contribution in [3.8, 4) is 0 Å². The van der Waals surface area contributed by atoms with Gasteiger partial charge in [0.2, 0.25) is 0 Å². The van der Waals surface area contributed by atoms with Gasteiger partial charge in [-0.1, -0.05) is 0 Å². The number of hydrogen-bond acceptors (Lipinski definition) is 4. The van der Waals surface area contributed by atoms with E-state index >= 15 is 0 Å². The third-order valence-corrected chi connectivity index (χ3v) is 1.27. The van der Waals surface area contributed by atoms with Crippen LogP contribution in [0, 0.1) is 0 Å². The molecule has 0 aromatic carbocycles. The van der Waals surface area contributed by atoms with Crippen LogP contribution in [0.5, 0.6) is 0 Å². The molecule has 1 heterocycles. The summed E-state index contributed by atoms with van der Waals surface area (Å²) in [6.07, 6.45) is 3.95. The zero-order valence-electron chi connectivity index (χ0n) is 6.33. The van der Waals surface area contributed by atoms with Gasteiger partial charge in [-0.15, -0.1) is 0 Å². The van der Waals surface area contributed by atoms with Crippen molar-refractivity contribution >= 4 is 0 Å². The molecule has 1 rings (SSSR count). The highest BCUT2D eigenvalue weighted by Gasteiger charge is 2.01. The minimum absolute atomic E-state index is 0. The number of aromatic amines is 1. The minimum atomic E-state index is -0.180. The molecule has 1 atom stereocenters. The molecule has 5 heteroatoms. The van der Waals surface area contributed by atoms with Gasteiger partial charge in [-0.2, -0.15) is 0 Å². The first-order valence-electron chi connectivity index (χ1n) is 3.16. The lowest BCUT2D eigenvalue weighted by atomic mass is 10.2. The maximum Gasteiger partial charge on any atom is 0.0921 e. The van der Waals surface area contributed by atoms with Crippen molar-refractivity contribution in [1.29, 1.82) is 0 Å². The Morgan fingerprint density at radius 2 is 2.45 bits per heavy atom. The van der Waals surface area contributed by atoms with E-state index in [4.69, 9.17) is 10.8 Å². The predicted octanol–water partition coefficient (Wildman–Crippen LogP) is -0.566. The number of hydrogen-bond donors (Lipinski definition) is 4. The number of aromatic nitrogens is 2. The van der Waals surface area contributed by atoms with Gasteiger partial charge in [0.1, 0.15) is 0 Å². The van der Waals surface area contributed by atoms with Gasteiger partial charge in [0.15, 0.2) is 0 Å². The number of imidazole rings is 1. The van der Waals surface area contributed by atoms with E-state index < -0.39 is 0 Å². The van der Waals surface area contributed by atoms with Crippen molar-refractivity contribution in [3.63, 3.8) is 0 Å². The minimum Gasteiger partial charge on any atom is -0.395 e. The molecule has 1 unspecified atom stereocenters. The molecule has 0 amide bonds. The third kappa shape index (κ3) is 3.13. The number of aliphatic hydroxyl groups is 1. The van der Waals surface area contributed by atoms with Crippen LogP contribution in [-0.4, -0.2) is 27.7 Å². The van der Waals surface area contributed by atoms with Crippen LogP contribution in [0.2, 0.25) is 0 Å². The van der Waals surface area contributed by atoms with Crippen LogP contribution in [0.15, 0.2) is 12.5 Å². The maximum atomic E-state index is 8.57. The first-order valence-corrected chi connectivity index (χ1v) is 3.16. The molecular weight excluding hydrogens is 144 g/mol. The van der Waals surface area contributed by atoms with Crippen molar-refractivity contribution in [3.05, 3.63) is 18.2 Å². The van der Waals surface area contributed by atoms with Crippen LogP contribution >= 0.6 is 0 Å². The zero-order chi connectivity index (χ0) is 7.40. The zero-order valence-corrected chi connectivity index (χ0v) is 6.33. The molecule has 5 nitrogen and oxygen atoms in total. The molecule has 0 fully saturated rings. The number of nitrogens with one attached hydrogen (secondary N) is 1. The number of aliphatic hydroxyl groups excluding tert-OH is 1. The molecule has 0 aliphatic carbocycles. The van der Waals surface area contributed by atoms with Crippen molar-refractivity contribution in [2.75, 3.05) is 6.61 Å². The monoisotopic (exact) mass is 158 g/mol. The van der Waals surface area contributed by atoms with Gasteiger partial charge < -0.3 is 22.0 Å². The molecule has 11 heavy (non-hydrogen) atoms. The van der Waals surface area contributed by atoms with Gasteiger partial charge in [-0.3, -0.25) is 0 Å². The molecule has 1 aromatic rings. The van der Waals surface area contributed by atoms with Crippen LogP contribution in [0.25, 0.3) is 0 Å². The maximum absolute atomic E-state index is 8.57. The van der Waals surface area contributed by atoms with Crippen molar-refractivity contribution in [2.45, 2.75) is 12.5 Å². The first kappa shape index (κ1) is 10.1. The molecule has 0 aliphatic heterocycles. The molecule has 0 aliphatic rings. The van der Waals surface area contributed by atoms with E-state index in [1.54, 1.807) is 12.5 Å². The lowest BCUT2D eigenvalue weighted by Gasteiger charge is -2.03. The third-order valence-electron chi connectivity index (χ3n) is 1.27. The summed E-state index contributed by atoms with van der Waals surface area (Å²) in [5.74, 6) is 0. The van der Waals surface area contributed by atoms with Gasteiger partial charge in [0.25, 0.3) is 0 Å². The van der Waals surface area contributed by atoms with E-state index in [0.717, 1.165) is 5.69 Å². The van der Waals surface area contributed by atoms with Gasteiger partial charge in [0, 0.05) is 24.4 Å². The highest BCUT2D eigenvalue weighted by molar-refractivity contribution is 4.96. The van der Waals surface area contributed by atoms with Crippen molar-refractivity contribution in [1.82, 2.24) is 16.1 Å². The fraction of sp³-hybridized carbons (Fsp3) is 0.500. The van der Waals surface area contributed by atoms with Crippen LogP contribution in [0.3, 0.4) is 0 Å². The molecule has 64 valence electrons. The predicted molar refractivity (Wildman–Crippen MR) is 42.4 cm³/mol. The smallest absolute Gasteiger partial charge is 0.0921 e. The van der Waals surface area contributed by atoms with Gasteiger partial charge in [-0.05, 0) is 0 Å².